The molecule has 2 aromatic carbocycles. The van der Waals surface area contributed by atoms with Gasteiger partial charge in [0.05, 0.1) is 0 Å². The van der Waals surface area contributed by atoms with Crippen LogP contribution in [0.5, 0.6) is 0 Å². The minimum atomic E-state index is 0.451. The Bertz CT molecular complexity index is 431. The van der Waals surface area contributed by atoms with Crippen molar-refractivity contribution in [1.29, 1.82) is 0 Å². The summed E-state index contributed by atoms with van der Waals surface area (Å²) in [5.74, 6) is 0.451. The molecule has 0 radical (unpaired) electrons. The van der Waals surface area contributed by atoms with E-state index in [0.717, 1.165) is 5.69 Å². The van der Waals surface area contributed by atoms with Gasteiger partial charge in [-0.3, -0.25) is 0 Å². The zero-order chi connectivity index (χ0) is 11.4. The first kappa shape index (κ1) is 10.7. The highest BCUT2D eigenvalue weighted by molar-refractivity contribution is 5.45. The van der Waals surface area contributed by atoms with Crippen LogP contribution in [-0.2, 0) is 0 Å². The van der Waals surface area contributed by atoms with Gasteiger partial charge in [0, 0.05) is 18.7 Å². The van der Waals surface area contributed by atoms with Gasteiger partial charge < -0.3 is 5.32 Å². The molecule has 0 aliphatic rings. The molecule has 1 N–H and O–H groups in total. The van der Waals surface area contributed by atoms with Crippen LogP contribution in [-0.4, -0.2) is 7.05 Å². The van der Waals surface area contributed by atoms with E-state index in [2.05, 4.69) is 66.8 Å². The van der Waals surface area contributed by atoms with E-state index in [0.29, 0.717) is 5.92 Å². The lowest BCUT2D eigenvalue weighted by Crippen LogP contribution is -1.96. The molecule has 2 aromatic rings. The molecule has 0 fully saturated rings. The van der Waals surface area contributed by atoms with Crippen molar-refractivity contribution in [2.75, 3.05) is 12.4 Å². The third-order valence-electron chi connectivity index (χ3n) is 3.00. The van der Waals surface area contributed by atoms with E-state index in [-0.39, 0.29) is 0 Å². The Kier molecular flexibility index (Phi) is 3.25. The van der Waals surface area contributed by atoms with Crippen molar-refractivity contribution in [2.24, 2.45) is 0 Å². The first-order valence-corrected chi connectivity index (χ1v) is 5.64. The summed E-state index contributed by atoms with van der Waals surface area (Å²) in [5.41, 5.74) is 3.87. The molecular formula is C15H17N. The number of rotatable bonds is 3. The van der Waals surface area contributed by atoms with Gasteiger partial charge in [-0.1, -0.05) is 49.4 Å². The highest BCUT2D eigenvalue weighted by Crippen LogP contribution is 2.24. The van der Waals surface area contributed by atoms with Gasteiger partial charge in [-0.15, -0.1) is 0 Å². The second-order valence-corrected chi connectivity index (χ2v) is 4.00. The van der Waals surface area contributed by atoms with Gasteiger partial charge in [0.25, 0.3) is 0 Å². The number of nitrogens with one attached hydrogen (secondary N) is 1. The summed E-state index contributed by atoms with van der Waals surface area (Å²) < 4.78 is 0. The molecule has 0 spiro atoms. The monoisotopic (exact) mass is 211 g/mol. The van der Waals surface area contributed by atoms with Gasteiger partial charge in [0.15, 0.2) is 0 Å². The predicted octanol–water partition coefficient (Wildman–Crippen LogP) is 3.88. The molecule has 1 heteroatoms. The van der Waals surface area contributed by atoms with Crippen molar-refractivity contribution >= 4 is 5.69 Å². The van der Waals surface area contributed by atoms with E-state index < -0.39 is 0 Å². The average molecular weight is 211 g/mol. The first-order chi connectivity index (χ1) is 7.81. The molecule has 1 atom stereocenters. The largest absolute Gasteiger partial charge is 0.388 e. The molecule has 0 amide bonds. The summed E-state index contributed by atoms with van der Waals surface area (Å²) in [5, 5.41) is 3.13. The van der Waals surface area contributed by atoms with E-state index >= 15 is 0 Å². The Morgan fingerprint density at radius 3 is 1.94 bits per heavy atom. The molecule has 0 saturated carbocycles. The topological polar surface area (TPSA) is 12.0 Å². The summed E-state index contributed by atoms with van der Waals surface area (Å²) in [6, 6.07) is 19.2. The molecule has 0 heterocycles. The zero-order valence-corrected chi connectivity index (χ0v) is 9.77. The average Bonchev–Trinajstić information content (AvgIpc) is 2.39. The van der Waals surface area contributed by atoms with Gasteiger partial charge in [-0.2, -0.15) is 0 Å². The summed E-state index contributed by atoms with van der Waals surface area (Å²) in [6.07, 6.45) is 0. The first-order valence-electron chi connectivity index (χ1n) is 5.64. The van der Waals surface area contributed by atoms with E-state index in [1.807, 2.05) is 7.05 Å². The maximum absolute atomic E-state index is 3.13. The Balaban J connectivity index is 2.24. The summed E-state index contributed by atoms with van der Waals surface area (Å²) in [7, 11) is 1.94. The van der Waals surface area contributed by atoms with E-state index in [1.165, 1.54) is 11.1 Å². The van der Waals surface area contributed by atoms with Crippen molar-refractivity contribution < 1.29 is 0 Å². The lowest BCUT2D eigenvalue weighted by Gasteiger charge is -2.12. The van der Waals surface area contributed by atoms with E-state index in [1.54, 1.807) is 0 Å². The fourth-order valence-corrected chi connectivity index (χ4v) is 1.87. The predicted molar refractivity (Wildman–Crippen MR) is 69.9 cm³/mol. The maximum Gasteiger partial charge on any atom is 0.0337 e. The second-order valence-electron chi connectivity index (χ2n) is 4.00. The number of hydrogen-bond acceptors (Lipinski definition) is 1. The molecule has 0 aromatic heterocycles. The molecule has 1 nitrogen and oxygen atoms in total. The third kappa shape index (κ3) is 2.25. The molecule has 16 heavy (non-hydrogen) atoms. The zero-order valence-electron chi connectivity index (χ0n) is 9.77. The van der Waals surface area contributed by atoms with E-state index in [4.69, 9.17) is 0 Å². The van der Waals surface area contributed by atoms with Crippen LogP contribution in [0.4, 0.5) is 5.69 Å². The van der Waals surface area contributed by atoms with Gasteiger partial charge in [-0.25, -0.2) is 0 Å². The van der Waals surface area contributed by atoms with Crippen molar-refractivity contribution in [3.8, 4) is 0 Å². The van der Waals surface area contributed by atoms with E-state index in [9.17, 15) is 0 Å². The van der Waals surface area contributed by atoms with Crippen LogP contribution in [0.2, 0.25) is 0 Å². The number of hydrogen-bond donors (Lipinski definition) is 1. The Labute approximate surface area is 97.1 Å². The lowest BCUT2D eigenvalue weighted by atomic mass is 9.93. The molecule has 0 bridgehead atoms. The molecule has 1 unspecified atom stereocenters. The maximum atomic E-state index is 3.13. The Morgan fingerprint density at radius 1 is 0.812 bits per heavy atom. The van der Waals surface area contributed by atoms with Crippen molar-refractivity contribution in [3.63, 3.8) is 0 Å². The molecule has 0 saturated heterocycles. The van der Waals surface area contributed by atoms with Gasteiger partial charge in [0.1, 0.15) is 0 Å². The van der Waals surface area contributed by atoms with Crippen LogP contribution in [0.25, 0.3) is 0 Å². The van der Waals surface area contributed by atoms with Crippen molar-refractivity contribution in [2.45, 2.75) is 12.8 Å². The summed E-state index contributed by atoms with van der Waals surface area (Å²) in [6.45, 7) is 2.24. The highest BCUT2D eigenvalue weighted by atomic mass is 14.8. The minimum Gasteiger partial charge on any atom is -0.388 e. The number of benzene rings is 2. The van der Waals surface area contributed by atoms with Gasteiger partial charge >= 0.3 is 0 Å². The van der Waals surface area contributed by atoms with Crippen molar-refractivity contribution in [1.82, 2.24) is 0 Å². The highest BCUT2D eigenvalue weighted by Gasteiger charge is 2.06. The SMILES string of the molecule is CNc1ccc(C(C)c2ccccc2)cc1. The standard InChI is InChI=1S/C15H17N/c1-12(13-6-4-3-5-7-13)14-8-10-15(16-2)11-9-14/h3-12,16H,1-2H3. The molecule has 0 aliphatic heterocycles. The van der Waals surface area contributed by atoms with Crippen LogP contribution < -0.4 is 5.32 Å². The lowest BCUT2D eigenvalue weighted by molar-refractivity contribution is 0.922. The van der Waals surface area contributed by atoms with Crippen molar-refractivity contribution in [3.05, 3.63) is 65.7 Å². The molecule has 82 valence electrons. The van der Waals surface area contributed by atoms with Crippen LogP contribution >= 0.6 is 0 Å². The third-order valence-corrected chi connectivity index (χ3v) is 3.00. The fourth-order valence-electron chi connectivity index (χ4n) is 1.87. The summed E-state index contributed by atoms with van der Waals surface area (Å²) >= 11 is 0. The van der Waals surface area contributed by atoms with Gasteiger partial charge in [-0.05, 0) is 23.3 Å². The van der Waals surface area contributed by atoms with Crippen LogP contribution in [0.1, 0.15) is 24.0 Å². The fraction of sp³-hybridized carbons (Fsp3) is 0.200. The minimum absolute atomic E-state index is 0.451. The molecule has 2 rings (SSSR count). The quantitative estimate of drug-likeness (QED) is 0.812. The molecular weight excluding hydrogens is 194 g/mol. The smallest absolute Gasteiger partial charge is 0.0337 e. The normalized spacial score (nSPS) is 12.1. The van der Waals surface area contributed by atoms with Crippen LogP contribution in [0, 0.1) is 0 Å². The summed E-state index contributed by atoms with van der Waals surface area (Å²) in [4.78, 5) is 0. The number of anilines is 1. The second kappa shape index (κ2) is 4.84. The molecule has 0 aliphatic carbocycles. The van der Waals surface area contributed by atoms with Gasteiger partial charge in [0.2, 0.25) is 0 Å². The van der Waals surface area contributed by atoms with Crippen LogP contribution in [0.3, 0.4) is 0 Å². The Hall–Kier alpha value is -1.76. The van der Waals surface area contributed by atoms with Crippen LogP contribution in [0.15, 0.2) is 54.6 Å². The Morgan fingerprint density at radius 2 is 1.38 bits per heavy atom.